The predicted octanol–water partition coefficient (Wildman–Crippen LogP) is 0.276. The van der Waals surface area contributed by atoms with Crippen molar-refractivity contribution in [2.24, 2.45) is 4.36 Å². The van der Waals surface area contributed by atoms with Crippen molar-refractivity contribution in [3.8, 4) is 0 Å². The molecule has 1 atom stereocenters. The van der Waals surface area contributed by atoms with Crippen molar-refractivity contribution in [1.82, 2.24) is 0 Å². The number of hydrogen-bond acceptors (Lipinski definition) is 6. The van der Waals surface area contributed by atoms with Crippen LogP contribution in [0.25, 0.3) is 0 Å². The molecule has 16 heavy (non-hydrogen) atoms. The van der Waals surface area contributed by atoms with Gasteiger partial charge in [0, 0.05) is 15.7 Å². The molecular weight excluding hydrogens is 321 g/mol. The average Bonchev–Trinajstić information content (AvgIpc) is 2.44. The standard InChI is InChI=1S/C6H2Cl3NO4S2/c7-3-1-5-6(2-4(3)8)15-16(10-5)14-9(11,12)13/h1-2H. The lowest BCUT2D eigenvalue weighted by atomic mass is 10.3. The van der Waals surface area contributed by atoms with Gasteiger partial charge in [-0.3, -0.25) is 0 Å². The summed E-state index contributed by atoms with van der Waals surface area (Å²) in [4.78, 5) is 0.622. The van der Waals surface area contributed by atoms with Gasteiger partial charge in [-0.25, -0.2) is 0 Å². The van der Waals surface area contributed by atoms with E-state index in [0.717, 1.165) is 10.8 Å². The molecule has 10 heteroatoms. The van der Waals surface area contributed by atoms with E-state index in [1.807, 2.05) is 0 Å². The average molecular weight is 323 g/mol. The molecule has 0 N–H and O–H groups in total. The first-order valence-corrected chi connectivity index (χ1v) is 8.02. The van der Waals surface area contributed by atoms with Crippen molar-refractivity contribution in [1.29, 1.82) is 0 Å². The van der Waals surface area contributed by atoms with E-state index in [1.54, 1.807) is 0 Å². The quantitative estimate of drug-likeness (QED) is 0.729. The largest absolute Gasteiger partial charge is 0.268 e. The zero-order chi connectivity index (χ0) is 11.9. The van der Waals surface area contributed by atoms with Gasteiger partial charge in [-0.15, -0.1) is 0 Å². The summed E-state index contributed by atoms with van der Waals surface area (Å²) in [7, 11) is -4.89. The summed E-state index contributed by atoms with van der Waals surface area (Å²) in [5, 5.41) is 0.633. The minimum Gasteiger partial charge on any atom is -0.182 e. The first-order valence-electron chi connectivity index (χ1n) is 3.59. The van der Waals surface area contributed by atoms with Gasteiger partial charge < -0.3 is 0 Å². The van der Waals surface area contributed by atoms with E-state index in [2.05, 4.69) is 8.10 Å². The molecular formula is C6H2Cl3NO4S2. The van der Waals surface area contributed by atoms with Gasteiger partial charge in [-0.05, 0) is 12.1 Å². The van der Waals surface area contributed by atoms with Crippen LogP contribution in [0.2, 0.25) is 10.0 Å². The van der Waals surface area contributed by atoms with Crippen molar-refractivity contribution in [2.75, 3.05) is 0 Å². The van der Waals surface area contributed by atoms with Gasteiger partial charge in [0.25, 0.3) is 10.0 Å². The second-order valence-electron chi connectivity index (χ2n) is 2.57. The van der Waals surface area contributed by atoms with E-state index < -0.39 is 20.2 Å². The number of fused-ring (bicyclic) bond motifs is 1. The molecule has 0 bridgehead atoms. The molecule has 1 aromatic carbocycles. The molecule has 5 nitrogen and oxygen atoms in total. The number of hydrogen-bond donors (Lipinski definition) is 0. The Morgan fingerprint density at radius 2 is 1.88 bits per heavy atom. The van der Waals surface area contributed by atoms with E-state index in [9.17, 15) is 14.0 Å². The van der Waals surface area contributed by atoms with E-state index in [-0.39, 0.29) is 0 Å². The lowest BCUT2D eigenvalue weighted by Gasteiger charge is -2.10. The smallest absolute Gasteiger partial charge is 0.182 e. The SMILES string of the molecule is [O-][Cl+3]([O-])([O-])OS1=Nc2cc(Cl)c(Cl)cc2S1. The first kappa shape index (κ1) is 12.9. The molecule has 0 radical (unpaired) electrons. The predicted molar refractivity (Wildman–Crippen MR) is 52.9 cm³/mol. The monoisotopic (exact) mass is 321 g/mol. The van der Waals surface area contributed by atoms with E-state index >= 15 is 0 Å². The maximum absolute atomic E-state index is 10.3. The fourth-order valence-corrected chi connectivity index (χ4v) is 4.98. The van der Waals surface area contributed by atoms with Crippen LogP contribution >= 0.6 is 34.0 Å². The van der Waals surface area contributed by atoms with Crippen molar-refractivity contribution >= 4 is 49.7 Å². The lowest BCUT2D eigenvalue weighted by Crippen LogP contribution is -2.60. The molecule has 1 heterocycles. The summed E-state index contributed by atoms with van der Waals surface area (Å²) in [6, 6.07) is 3.02. The molecule has 0 fully saturated rings. The Kier molecular flexibility index (Phi) is 3.70. The van der Waals surface area contributed by atoms with E-state index in [0.29, 0.717) is 20.6 Å². The third kappa shape index (κ3) is 3.00. The molecule has 0 spiro atoms. The summed E-state index contributed by atoms with van der Waals surface area (Å²) in [5.74, 6) is 0. The maximum atomic E-state index is 10.3. The summed E-state index contributed by atoms with van der Waals surface area (Å²) in [6.07, 6.45) is 0. The van der Waals surface area contributed by atoms with Gasteiger partial charge in [0.15, 0.2) is 3.74 Å². The van der Waals surface area contributed by atoms with Crippen LogP contribution in [0, 0.1) is 10.2 Å². The third-order valence-electron chi connectivity index (χ3n) is 1.47. The summed E-state index contributed by atoms with van der Waals surface area (Å²) in [6.45, 7) is 0. The second-order valence-corrected chi connectivity index (χ2v) is 7.22. The topological polar surface area (TPSA) is 90.8 Å². The normalized spacial score (nSPS) is 19.4. The Balaban J connectivity index is 2.25. The Morgan fingerprint density at radius 3 is 2.50 bits per heavy atom. The fourth-order valence-electron chi connectivity index (χ4n) is 0.925. The van der Waals surface area contributed by atoms with Crippen LogP contribution in [0.15, 0.2) is 21.4 Å². The molecule has 0 aromatic heterocycles. The second kappa shape index (κ2) is 4.60. The van der Waals surface area contributed by atoms with E-state index in [1.165, 1.54) is 12.1 Å². The van der Waals surface area contributed by atoms with Crippen LogP contribution in [0.1, 0.15) is 0 Å². The van der Waals surface area contributed by atoms with Crippen LogP contribution in [-0.2, 0) is 13.7 Å². The number of nitrogens with zero attached hydrogens (tertiary/aromatic N) is 1. The minimum absolute atomic E-state index is 0.303. The van der Waals surface area contributed by atoms with Gasteiger partial charge >= 0.3 is 0 Å². The molecule has 1 aliphatic rings. The number of rotatable bonds is 2. The van der Waals surface area contributed by atoms with Crippen LogP contribution in [0.3, 0.4) is 0 Å². The van der Waals surface area contributed by atoms with E-state index in [4.69, 9.17) is 23.2 Å². The molecule has 0 aliphatic carbocycles. The molecule has 1 aromatic rings. The third-order valence-corrected chi connectivity index (χ3v) is 5.89. The highest BCUT2D eigenvalue weighted by molar-refractivity contribution is 8.68. The van der Waals surface area contributed by atoms with Gasteiger partial charge in [-0.2, -0.15) is 18.3 Å². The molecule has 0 amide bonds. The summed E-state index contributed by atoms with van der Waals surface area (Å²) < 4.78 is 39.1. The van der Waals surface area contributed by atoms with Crippen molar-refractivity contribution in [2.45, 2.75) is 4.90 Å². The van der Waals surface area contributed by atoms with Crippen LogP contribution < -0.4 is 14.0 Å². The van der Waals surface area contributed by atoms with Crippen molar-refractivity contribution in [3.05, 3.63) is 22.2 Å². The van der Waals surface area contributed by atoms with Gasteiger partial charge in [0.1, 0.15) is 0 Å². The lowest BCUT2D eigenvalue weighted by molar-refractivity contribution is -1.91. The molecule has 1 aliphatic heterocycles. The molecule has 0 saturated heterocycles. The highest BCUT2D eigenvalue weighted by Gasteiger charge is 2.30. The highest BCUT2D eigenvalue weighted by atomic mass is 35.7. The van der Waals surface area contributed by atoms with Crippen LogP contribution in [0.4, 0.5) is 5.69 Å². The Labute approximate surface area is 109 Å². The van der Waals surface area contributed by atoms with Crippen molar-refractivity contribution < 1.29 is 28.0 Å². The zero-order valence-electron chi connectivity index (χ0n) is 7.19. The number of benzene rings is 1. The Morgan fingerprint density at radius 1 is 1.25 bits per heavy atom. The summed E-state index contributed by atoms with van der Waals surface area (Å²) in [5.41, 5.74) is 0.460. The molecule has 2 rings (SSSR count). The van der Waals surface area contributed by atoms with Gasteiger partial charge in [-0.1, -0.05) is 23.2 Å². The first-order chi connectivity index (χ1) is 7.35. The van der Waals surface area contributed by atoms with Crippen molar-refractivity contribution in [3.63, 3.8) is 0 Å². The minimum atomic E-state index is -4.49. The fraction of sp³-hybridized carbons (Fsp3) is 0. The van der Waals surface area contributed by atoms with Gasteiger partial charge in [0.05, 0.1) is 26.0 Å². The van der Waals surface area contributed by atoms with Gasteiger partial charge in [0.2, 0.25) is 0 Å². The van der Waals surface area contributed by atoms with Crippen LogP contribution in [-0.4, -0.2) is 0 Å². The maximum Gasteiger partial charge on any atom is 0.268 e. The molecule has 88 valence electrons. The number of halogens is 3. The summed E-state index contributed by atoms with van der Waals surface area (Å²) >= 11 is 11.5. The zero-order valence-corrected chi connectivity index (χ0v) is 11.1. The molecule has 0 saturated carbocycles. The van der Waals surface area contributed by atoms with Crippen LogP contribution in [0.5, 0.6) is 0 Å². The Hall–Kier alpha value is 0.430. The molecule has 1 unspecified atom stereocenters. The highest BCUT2D eigenvalue weighted by Crippen LogP contribution is 2.45. The Bertz CT molecular complexity index is 476.